The average molecular weight is 246 g/mol. The zero-order valence-corrected chi connectivity index (χ0v) is 11.9. The molecule has 0 radical (unpaired) electrons. The molecule has 1 atom stereocenters. The van der Waals surface area contributed by atoms with Crippen molar-refractivity contribution in [2.24, 2.45) is 0 Å². The van der Waals surface area contributed by atoms with Crippen LogP contribution >= 0.6 is 0 Å². The molecule has 0 amide bonds. The lowest BCUT2D eigenvalue weighted by molar-refractivity contribution is 0.200. The second-order valence-electron chi connectivity index (χ2n) is 5.45. The summed E-state index contributed by atoms with van der Waals surface area (Å²) in [6.45, 7) is 10.4. The highest BCUT2D eigenvalue weighted by atomic mass is 15.1. The van der Waals surface area contributed by atoms with Crippen LogP contribution in [0.25, 0.3) is 0 Å². The first kappa shape index (κ1) is 13.6. The van der Waals surface area contributed by atoms with E-state index in [-0.39, 0.29) is 0 Å². The van der Waals surface area contributed by atoms with Gasteiger partial charge in [-0.15, -0.1) is 0 Å². The molecule has 1 N–H and O–H groups in total. The van der Waals surface area contributed by atoms with Crippen LogP contribution in [0.3, 0.4) is 0 Å². The van der Waals surface area contributed by atoms with E-state index in [2.05, 4.69) is 55.3 Å². The quantitative estimate of drug-likeness (QED) is 0.878. The van der Waals surface area contributed by atoms with Gasteiger partial charge in [0.25, 0.3) is 0 Å². The smallest absolute Gasteiger partial charge is 0.0296 e. The summed E-state index contributed by atoms with van der Waals surface area (Å²) < 4.78 is 0. The molecular weight excluding hydrogens is 220 g/mol. The van der Waals surface area contributed by atoms with Crippen LogP contribution in [0, 0.1) is 6.92 Å². The number of hydrogen-bond acceptors (Lipinski definition) is 2. The maximum Gasteiger partial charge on any atom is 0.0296 e. The first-order valence-electron chi connectivity index (χ1n) is 7.24. The molecule has 1 aromatic carbocycles. The summed E-state index contributed by atoms with van der Waals surface area (Å²) in [7, 11) is 0. The van der Waals surface area contributed by atoms with Gasteiger partial charge in [0.15, 0.2) is 0 Å². The van der Waals surface area contributed by atoms with Gasteiger partial charge in [0.05, 0.1) is 0 Å². The molecule has 1 fully saturated rings. The van der Waals surface area contributed by atoms with Crippen molar-refractivity contribution in [3.8, 4) is 0 Å². The highest BCUT2D eigenvalue weighted by Crippen LogP contribution is 2.20. The molecule has 0 saturated carbocycles. The van der Waals surface area contributed by atoms with E-state index in [9.17, 15) is 0 Å². The van der Waals surface area contributed by atoms with Crippen molar-refractivity contribution in [3.63, 3.8) is 0 Å². The van der Waals surface area contributed by atoms with E-state index in [1.807, 2.05) is 0 Å². The molecule has 2 heteroatoms. The Balaban J connectivity index is 1.89. The van der Waals surface area contributed by atoms with Crippen LogP contribution in [0.4, 0.5) is 0 Å². The molecule has 1 aliphatic rings. The maximum absolute atomic E-state index is 3.79. The molecule has 2 nitrogen and oxygen atoms in total. The second kappa shape index (κ2) is 6.35. The lowest BCUT2D eigenvalue weighted by Gasteiger charge is -2.33. The Hall–Kier alpha value is -0.860. The first-order valence-corrected chi connectivity index (χ1v) is 7.24. The minimum atomic E-state index is 0.462. The first-order chi connectivity index (χ1) is 8.70. The highest BCUT2D eigenvalue weighted by molar-refractivity contribution is 5.28. The molecule has 0 unspecified atom stereocenters. The molecule has 0 bridgehead atoms. The largest absolute Gasteiger partial charge is 0.307 e. The summed E-state index contributed by atoms with van der Waals surface area (Å²) in [6.07, 6.45) is 2.56. The lowest BCUT2D eigenvalue weighted by Crippen LogP contribution is -2.43. The van der Waals surface area contributed by atoms with E-state index in [1.54, 1.807) is 0 Å². The lowest BCUT2D eigenvalue weighted by atomic mass is 9.99. The number of piperidine rings is 1. The van der Waals surface area contributed by atoms with Crippen LogP contribution in [0.15, 0.2) is 24.3 Å². The van der Waals surface area contributed by atoms with E-state index >= 15 is 0 Å². The number of nitrogens with zero attached hydrogens (tertiary/aromatic N) is 1. The van der Waals surface area contributed by atoms with Crippen molar-refractivity contribution in [1.82, 2.24) is 10.2 Å². The fraction of sp³-hybridized carbons (Fsp3) is 0.625. The predicted octanol–water partition coefficient (Wildman–Crippen LogP) is 3.13. The zero-order chi connectivity index (χ0) is 13.0. The summed E-state index contributed by atoms with van der Waals surface area (Å²) in [6, 6.07) is 9.85. The van der Waals surface area contributed by atoms with E-state index < -0.39 is 0 Å². The minimum Gasteiger partial charge on any atom is -0.307 e. The Labute approximate surface area is 111 Å². The average Bonchev–Trinajstić information content (AvgIpc) is 2.40. The summed E-state index contributed by atoms with van der Waals surface area (Å²) in [5.41, 5.74) is 2.83. The SMILES string of the molecule is CCN1CCC(N[C@@H](C)c2ccccc2C)CC1. The molecule has 1 heterocycles. The van der Waals surface area contributed by atoms with E-state index in [0.717, 1.165) is 0 Å². The number of rotatable bonds is 4. The van der Waals surface area contributed by atoms with Crippen molar-refractivity contribution in [2.45, 2.75) is 45.7 Å². The van der Waals surface area contributed by atoms with Crippen molar-refractivity contribution in [1.29, 1.82) is 0 Å². The van der Waals surface area contributed by atoms with E-state index in [1.165, 1.54) is 43.6 Å². The van der Waals surface area contributed by atoms with Gasteiger partial charge in [-0.25, -0.2) is 0 Å². The third-order valence-corrected chi connectivity index (χ3v) is 4.18. The third kappa shape index (κ3) is 3.33. The standard InChI is InChI=1S/C16H26N2/c1-4-18-11-9-15(10-12-18)17-14(3)16-8-6-5-7-13(16)2/h5-8,14-15,17H,4,9-12H2,1-3H3/t14-/m0/s1. The van der Waals surface area contributed by atoms with Gasteiger partial charge in [0.2, 0.25) is 0 Å². The fourth-order valence-electron chi connectivity index (χ4n) is 2.93. The van der Waals surface area contributed by atoms with Gasteiger partial charge in [-0.2, -0.15) is 0 Å². The van der Waals surface area contributed by atoms with Gasteiger partial charge in [-0.05, 0) is 57.5 Å². The highest BCUT2D eigenvalue weighted by Gasteiger charge is 2.20. The van der Waals surface area contributed by atoms with Crippen LogP contribution in [0.2, 0.25) is 0 Å². The summed E-state index contributed by atoms with van der Waals surface area (Å²) >= 11 is 0. The number of likely N-dealkylation sites (tertiary alicyclic amines) is 1. The van der Waals surface area contributed by atoms with Crippen molar-refractivity contribution >= 4 is 0 Å². The zero-order valence-electron chi connectivity index (χ0n) is 11.9. The van der Waals surface area contributed by atoms with Crippen molar-refractivity contribution < 1.29 is 0 Å². The molecule has 0 aliphatic carbocycles. The summed E-state index contributed by atoms with van der Waals surface area (Å²) in [4.78, 5) is 2.54. The minimum absolute atomic E-state index is 0.462. The van der Waals surface area contributed by atoms with Crippen LogP contribution < -0.4 is 5.32 Å². The van der Waals surface area contributed by atoms with Gasteiger partial charge in [0.1, 0.15) is 0 Å². The van der Waals surface area contributed by atoms with Crippen LogP contribution in [-0.2, 0) is 0 Å². The number of benzene rings is 1. The van der Waals surface area contributed by atoms with Crippen molar-refractivity contribution in [2.75, 3.05) is 19.6 Å². The van der Waals surface area contributed by atoms with Gasteiger partial charge in [-0.1, -0.05) is 31.2 Å². The summed E-state index contributed by atoms with van der Waals surface area (Å²) in [5.74, 6) is 0. The van der Waals surface area contributed by atoms with Gasteiger partial charge in [-0.3, -0.25) is 0 Å². The molecule has 1 aromatic rings. The van der Waals surface area contributed by atoms with Gasteiger partial charge in [0, 0.05) is 12.1 Å². The Bertz CT molecular complexity index is 367. The Morgan fingerprint density at radius 1 is 1.28 bits per heavy atom. The Morgan fingerprint density at radius 2 is 1.94 bits per heavy atom. The molecule has 18 heavy (non-hydrogen) atoms. The third-order valence-electron chi connectivity index (χ3n) is 4.18. The van der Waals surface area contributed by atoms with Gasteiger partial charge < -0.3 is 10.2 Å². The molecule has 1 saturated heterocycles. The molecule has 1 aliphatic heterocycles. The maximum atomic E-state index is 3.79. The van der Waals surface area contributed by atoms with E-state index in [0.29, 0.717) is 12.1 Å². The number of nitrogens with one attached hydrogen (secondary N) is 1. The van der Waals surface area contributed by atoms with Crippen molar-refractivity contribution in [3.05, 3.63) is 35.4 Å². The van der Waals surface area contributed by atoms with Crippen LogP contribution in [0.1, 0.15) is 43.9 Å². The van der Waals surface area contributed by atoms with E-state index in [4.69, 9.17) is 0 Å². The summed E-state index contributed by atoms with van der Waals surface area (Å²) in [5, 5.41) is 3.79. The number of aryl methyl sites for hydroxylation is 1. The monoisotopic (exact) mass is 246 g/mol. The molecule has 0 spiro atoms. The normalized spacial score (nSPS) is 19.9. The molecule has 0 aromatic heterocycles. The molecule has 100 valence electrons. The van der Waals surface area contributed by atoms with Crippen LogP contribution in [0.5, 0.6) is 0 Å². The Kier molecular flexibility index (Phi) is 4.79. The molecular formula is C16H26N2. The second-order valence-corrected chi connectivity index (χ2v) is 5.45. The van der Waals surface area contributed by atoms with Crippen LogP contribution in [-0.4, -0.2) is 30.6 Å². The fourth-order valence-corrected chi connectivity index (χ4v) is 2.93. The number of hydrogen-bond donors (Lipinski definition) is 1. The topological polar surface area (TPSA) is 15.3 Å². The predicted molar refractivity (Wildman–Crippen MR) is 77.9 cm³/mol. The molecule has 2 rings (SSSR count). The van der Waals surface area contributed by atoms with Gasteiger partial charge >= 0.3 is 0 Å². The Morgan fingerprint density at radius 3 is 2.56 bits per heavy atom.